The zero-order valence-corrected chi connectivity index (χ0v) is 16.3. The Bertz CT molecular complexity index is 978. The van der Waals surface area contributed by atoms with Crippen molar-refractivity contribution in [1.29, 1.82) is 0 Å². The standard InChI is InChI=1S/C21H22N2O5/c1-5-10-28-21-18(22-14-8-6-7-9-15(14)23-21)19(24)13-11-16(25-2)20(27-4)17(12-13)26-3/h6-9,11-12H,5,10H2,1-4H3. The van der Waals surface area contributed by atoms with Crippen LogP contribution >= 0.6 is 0 Å². The number of nitrogens with zero attached hydrogens (tertiary/aromatic N) is 2. The van der Waals surface area contributed by atoms with Crippen LogP contribution in [0.5, 0.6) is 23.1 Å². The van der Waals surface area contributed by atoms with Crippen LogP contribution in [0.1, 0.15) is 29.4 Å². The predicted octanol–water partition coefficient (Wildman–Crippen LogP) is 3.68. The lowest BCUT2D eigenvalue weighted by Crippen LogP contribution is -2.11. The fraction of sp³-hybridized carbons (Fsp3) is 0.286. The van der Waals surface area contributed by atoms with Crippen LogP contribution in [0.4, 0.5) is 0 Å². The average Bonchev–Trinajstić information content (AvgIpc) is 2.75. The zero-order valence-electron chi connectivity index (χ0n) is 16.3. The van der Waals surface area contributed by atoms with Gasteiger partial charge in [-0.3, -0.25) is 4.79 Å². The van der Waals surface area contributed by atoms with Gasteiger partial charge in [0.25, 0.3) is 0 Å². The summed E-state index contributed by atoms with van der Waals surface area (Å²) < 4.78 is 21.7. The van der Waals surface area contributed by atoms with Gasteiger partial charge >= 0.3 is 0 Å². The molecule has 28 heavy (non-hydrogen) atoms. The van der Waals surface area contributed by atoms with E-state index in [0.29, 0.717) is 40.5 Å². The van der Waals surface area contributed by atoms with E-state index in [1.54, 1.807) is 18.2 Å². The third-order valence-corrected chi connectivity index (χ3v) is 4.12. The first kappa shape index (κ1) is 19.4. The number of para-hydroxylation sites is 2. The second-order valence-electron chi connectivity index (χ2n) is 5.96. The number of hydrogen-bond acceptors (Lipinski definition) is 7. The van der Waals surface area contributed by atoms with Gasteiger partial charge in [-0.1, -0.05) is 19.1 Å². The summed E-state index contributed by atoms with van der Waals surface area (Å²) in [7, 11) is 4.50. The van der Waals surface area contributed by atoms with Crippen molar-refractivity contribution in [3.8, 4) is 23.1 Å². The smallest absolute Gasteiger partial charge is 0.244 e. The van der Waals surface area contributed by atoms with Crippen molar-refractivity contribution in [2.24, 2.45) is 0 Å². The lowest BCUT2D eigenvalue weighted by molar-refractivity contribution is 0.102. The molecular weight excluding hydrogens is 360 g/mol. The highest BCUT2D eigenvalue weighted by Crippen LogP contribution is 2.39. The van der Waals surface area contributed by atoms with E-state index in [0.717, 1.165) is 6.42 Å². The van der Waals surface area contributed by atoms with Crippen molar-refractivity contribution in [2.75, 3.05) is 27.9 Å². The van der Waals surface area contributed by atoms with Gasteiger partial charge in [-0.25, -0.2) is 9.97 Å². The van der Waals surface area contributed by atoms with Gasteiger partial charge in [0.2, 0.25) is 17.4 Å². The van der Waals surface area contributed by atoms with Crippen LogP contribution in [0.3, 0.4) is 0 Å². The van der Waals surface area contributed by atoms with E-state index < -0.39 is 0 Å². The molecule has 0 radical (unpaired) electrons. The summed E-state index contributed by atoms with van der Waals surface area (Å²) >= 11 is 0. The van der Waals surface area contributed by atoms with Crippen molar-refractivity contribution in [3.05, 3.63) is 47.7 Å². The molecule has 0 unspecified atom stereocenters. The molecule has 0 N–H and O–H groups in total. The molecule has 146 valence electrons. The van der Waals surface area contributed by atoms with E-state index in [9.17, 15) is 4.79 Å². The van der Waals surface area contributed by atoms with E-state index in [-0.39, 0.29) is 17.4 Å². The van der Waals surface area contributed by atoms with Gasteiger partial charge in [0.15, 0.2) is 17.2 Å². The van der Waals surface area contributed by atoms with E-state index in [2.05, 4.69) is 9.97 Å². The monoisotopic (exact) mass is 382 g/mol. The molecule has 0 atom stereocenters. The molecule has 3 rings (SSSR count). The van der Waals surface area contributed by atoms with E-state index >= 15 is 0 Å². The Morgan fingerprint density at radius 1 is 0.929 bits per heavy atom. The topological polar surface area (TPSA) is 79.8 Å². The fourth-order valence-corrected chi connectivity index (χ4v) is 2.78. The first-order valence-electron chi connectivity index (χ1n) is 8.87. The largest absolute Gasteiger partial charge is 0.493 e. The second-order valence-corrected chi connectivity index (χ2v) is 5.96. The van der Waals surface area contributed by atoms with Crippen molar-refractivity contribution in [1.82, 2.24) is 9.97 Å². The van der Waals surface area contributed by atoms with Crippen LogP contribution in [-0.4, -0.2) is 43.7 Å². The molecule has 7 nitrogen and oxygen atoms in total. The van der Waals surface area contributed by atoms with Gasteiger partial charge in [0, 0.05) is 5.56 Å². The summed E-state index contributed by atoms with van der Waals surface area (Å²) in [6.07, 6.45) is 0.784. The number of hydrogen-bond donors (Lipinski definition) is 0. The normalized spacial score (nSPS) is 10.6. The summed E-state index contributed by atoms with van der Waals surface area (Å²) in [6, 6.07) is 10.5. The lowest BCUT2D eigenvalue weighted by Gasteiger charge is -2.14. The molecule has 0 aliphatic rings. The molecule has 0 fully saturated rings. The summed E-state index contributed by atoms with van der Waals surface area (Å²) in [5, 5.41) is 0. The molecule has 1 aromatic heterocycles. The Balaban J connectivity index is 2.14. The van der Waals surface area contributed by atoms with Gasteiger partial charge in [-0.2, -0.15) is 0 Å². The third-order valence-electron chi connectivity index (χ3n) is 4.12. The quantitative estimate of drug-likeness (QED) is 0.550. The van der Waals surface area contributed by atoms with Crippen LogP contribution in [0.15, 0.2) is 36.4 Å². The molecule has 7 heteroatoms. The number of carbonyl (C=O) groups excluding carboxylic acids is 1. The first-order valence-corrected chi connectivity index (χ1v) is 8.87. The Labute approximate surface area is 163 Å². The Morgan fingerprint density at radius 2 is 1.54 bits per heavy atom. The van der Waals surface area contributed by atoms with Crippen LogP contribution < -0.4 is 18.9 Å². The number of aromatic nitrogens is 2. The number of methoxy groups -OCH3 is 3. The van der Waals surface area contributed by atoms with Crippen LogP contribution in [0, 0.1) is 0 Å². The van der Waals surface area contributed by atoms with Gasteiger partial charge in [-0.15, -0.1) is 0 Å². The van der Waals surface area contributed by atoms with Crippen molar-refractivity contribution >= 4 is 16.8 Å². The van der Waals surface area contributed by atoms with Gasteiger partial charge < -0.3 is 18.9 Å². The predicted molar refractivity (Wildman–Crippen MR) is 105 cm³/mol. The van der Waals surface area contributed by atoms with Crippen molar-refractivity contribution in [3.63, 3.8) is 0 Å². The number of ketones is 1. The molecule has 2 aromatic carbocycles. The van der Waals surface area contributed by atoms with Crippen LogP contribution in [-0.2, 0) is 0 Å². The lowest BCUT2D eigenvalue weighted by atomic mass is 10.1. The zero-order chi connectivity index (χ0) is 20.1. The molecule has 1 heterocycles. The first-order chi connectivity index (χ1) is 13.6. The third kappa shape index (κ3) is 3.69. The summed E-state index contributed by atoms with van der Waals surface area (Å²) in [6.45, 7) is 2.41. The number of carbonyl (C=O) groups is 1. The SMILES string of the molecule is CCCOc1nc2ccccc2nc1C(=O)c1cc(OC)c(OC)c(OC)c1. The molecule has 0 amide bonds. The number of fused-ring (bicyclic) bond motifs is 1. The highest BCUT2D eigenvalue weighted by Gasteiger charge is 2.23. The highest BCUT2D eigenvalue weighted by atomic mass is 16.5. The molecule has 0 saturated heterocycles. The number of rotatable bonds is 8. The van der Waals surface area contributed by atoms with Gasteiger partial charge in [-0.05, 0) is 30.7 Å². The maximum absolute atomic E-state index is 13.3. The molecular formula is C21H22N2O5. The minimum absolute atomic E-state index is 0.140. The molecule has 0 saturated carbocycles. The van der Waals surface area contributed by atoms with E-state index in [4.69, 9.17) is 18.9 Å². The van der Waals surface area contributed by atoms with Gasteiger partial charge in [0.05, 0.1) is 39.0 Å². The summed E-state index contributed by atoms with van der Waals surface area (Å²) in [4.78, 5) is 22.3. The number of benzene rings is 2. The van der Waals surface area contributed by atoms with E-state index in [1.165, 1.54) is 21.3 Å². The average molecular weight is 382 g/mol. The number of ether oxygens (including phenoxy) is 4. The van der Waals surface area contributed by atoms with E-state index in [1.807, 2.05) is 25.1 Å². The van der Waals surface area contributed by atoms with Crippen LogP contribution in [0.25, 0.3) is 11.0 Å². The Morgan fingerprint density at radius 3 is 2.07 bits per heavy atom. The fourth-order valence-electron chi connectivity index (χ4n) is 2.78. The molecule has 0 aliphatic heterocycles. The molecule has 0 aliphatic carbocycles. The highest BCUT2D eigenvalue weighted by molar-refractivity contribution is 6.10. The Kier molecular flexibility index (Phi) is 5.93. The molecule has 3 aromatic rings. The van der Waals surface area contributed by atoms with Crippen molar-refractivity contribution in [2.45, 2.75) is 13.3 Å². The minimum atomic E-state index is -0.344. The summed E-state index contributed by atoms with van der Waals surface area (Å²) in [5.74, 6) is 1.04. The molecule has 0 spiro atoms. The maximum Gasteiger partial charge on any atom is 0.244 e. The van der Waals surface area contributed by atoms with Crippen LogP contribution in [0.2, 0.25) is 0 Å². The Hall–Kier alpha value is -3.35. The minimum Gasteiger partial charge on any atom is -0.493 e. The van der Waals surface area contributed by atoms with Gasteiger partial charge in [0.1, 0.15) is 0 Å². The summed E-state index contributed by atoms with van der Waals surface area (Å²) in [5.41, 5.74) is 1.75. The van der Waals surface area contributed by atoms with Crippen molar-refractivity contribution < 1.29 is 23.7 Å². The maximum atomic E-state index is 13.3. The second kappa shape index (κ2) is 8.56. The molecule has 0 bridgehead atoms.